The Labute approximate surface area is 162 Å². The zero-order valence-corrected chi connectivity index (χ0v) is 15.6. The van der Waals surface area contributed by atoms with Crippen LogP contribution in [-0.2, 0) is 0 Å². The second-order valence-electron chi connectivity index (χ2n) is 6.30. The molecule has 0 amide bonds. The van der Waals surface area contributed by atoms with Gasteiger partial charge in [-0.1, -0.05) is 18.2 Å². The SMILES string of the molecule is CC(c1oc(=O)c2ccccc2c1-c1cncs1)n1ncc2c(N)ncnc21. The first-order valence-electron chi connectivity index (χ1n) is 8.53. The molecule has 5 aromatic rings. The van der Waals surface area contributed by atoms with E-state index in [4.69, 9.17) is 10.2 Å². The average molecular weight is 390 g/mol. The Morgan fingerprint density at radius 3 is 2.75 bits per heavy atom. The highest BCUT2D eigenvalue weighted by molar-refractivity contribution is 7.13. The lowest BCUT2D eigenvalue weighted by Crippen LogP contribution is -2.14. The fourth-order valence-corrected chi connectivity index (χ4v) is 4.07. The molecule has 0 fully saturated rings. The van der Waals surface area contributed by atoms with Crippen molar-refractivity contribution in [3.05, 3.63) is 64.7 Å². The Balaban J connectivity index is 1.82. The maximum atomic E-state index is 12.7. The summed E-state index contributed by atoms with van der Waals surface area (Å²) in [4.78, 5) is 26.1. The van der Waals surface area contributed by atoms with Crippen LogP contribution in [0.15, 0.2) is 57.7 Å². The van der Waals surface area contributed by atoms with Gasteiger partial charge < -0.3 is 10.2 Å². The van der Waals surface area contributed by atoms with Crippen LogP contribution in [-0.4, -0.2) is 24.7 Å². The number of nitrogen functional groups attached to an aromatic ring is 1. The van der Waals surface area contributed by atoms with Crippen LogP contribution in [0, 0.1) is 0 Å². The Hall–Kier alpha value is -3.59. The number of anilines is 1. The molecule has 0 radical (unpaired) electrons. The number of hydrogen-bond donors (Lipinski definition) is 1. The minimum atomic E-state index is -0.402. The van der Waals surface area contributed by atoms with Crippen molar-refractivity contribution in [3.8, 4) is 10.4 Å². The summed E-state index contributed by atoms with van der Waals surface area (Å²) in [5.74, 6) is 0.848. The summed E-state index contributed by atoms with van der Waals surface area (Å²) in [6.45, 7) is 1.91. The van der Waals surface area contributed by atoms with E-state index in [2.05, 4.69) is 20.1 Å². The average Bonchev–Trinajstić information content (AvgIpc) is 3.38. The van der Waals surface area contributed by atoms with Crippen molar-refractivity contribution in [3.63, 3.8) is 0 Å². The predicted molar refractivity (Wildman–Crippen MR) is 107 cm³/mol. The van der Waals surface area contributed by atoms with Crippen LogP contribution < -0.4 is 11.4 Å². The van der Waals surface area contributed by atoms with Crippen LogP contribution >= 0.6 is 11.3 Å². The highest BCUT2D eigenvalue weighted by Crippen LogP contribution is 2.37. The topological polar surface area (TPSA) is 113 Å². The summed E-state index contributed by atoms with van der Waals surface area (Å²) in [6, 6.07) is 6.99. The maximum Gasteiger partial charge on any atom is 0.343 e. The van der Waals surface area contributed by atoms with Gasteiger partial charge in [0.25, 0.3) is 0 Å². The molecule has 5 rings (SSSR count). The minimum absolute atomic E-state index is 0.353. The fraction of sp³-hybridized carbons (Fsp3) is 0.105. The van der Waals surface area contributed by atoms with Crippen molar-refractivity contribution in [2.24, 2.45) is 0 Å². The molecule has 9 heteroatoms. The third kappa shape index (κ3) is 2.40. The first-order chi connectivity index (χ1) is 13.6. The molecule has 0 aliphatic heterocycles. The summed E-state index contributed by atoms with van der Waals surface area (Å²) in [5.41, 5.74) is 8.69. The highest BCUT2D eigenvalue weighted by atomic mass is 32.1. The normalized spacial score (nSPS) is 12.6. The second-order valence-corrected chi connectivity index (χ2v) is 7.19. The lowest BCUT2D eigenvalue weighted by Gasteiger charge is -2.16. The number of hydrogen-bond acceptors (Lipinski definition) is 8. The van der Waals surface area contributed by atoms with Gasteiger partial charge in [-0.25, -0.2) is 19.4 Å². The highest BCUT2D eigenvalue weighted by Gasteiger charge is 2.24. The van der Waals surface area contributed by atoms with Gasteiger partial charge in [0.1, 0.15) is 23.9 Å². The minimum Gasteiger partial charge on any atom is -0.424 e. The van der Waals surface area contributed by atoms with Gasteiger partial charge >= 0.3 is 5.63 Å². The van der Waals surface area contributed by atoms with E-state index in [1.807, 2.05) is 25.1 Å². The molecule has 4 aromatic heterocycles. The van der Waals surface area contributed by atoms with Crippen molar-refractivity contribution in [1.82, 2.24) is 24.7 Å². The monoisotopic (exact) mass is 390 g/mol. The molecule has 138 valence electrons. The molecule has 28 heavy (non-hydrogen) atoms. The van der Waals surface area contributed by atoms with Crippen LogP contribution in [0.2, 0.25) is 0 Å². The largest absolute Gasteiger partial charge is 0.424 e. The number of rotatable bonds is 3. The molecule has 4 heterocycles. The molecule has 0 aliphatic rings. The molecule has 1 unspecified atom stereocenters. The van der Waals surface area contributed by atoms with Crippen LogP contribution in [0.4, 0.5) is 5.82 Å². The van der Waals surface area contributed by atoms with Gasteiger partial charge in [0, 0.05) is 17.1 Å². The van der Waals surface area contributed by atoms with E-state index < -0.39 is 11.7 Å². The molecule has 0 saturated carbocycles. The number of aromatic nitrogens is 5. The third-order valence-corrected chi connectivity index (χ3v) is 5.50. The van der Waals surface area contributed by atoms with Gasteiger partial charge in [0.15, 0.2) is 5.65 Å². The molecular formula is C19H14N6O2S. The van der Waals surface area contributed by atoms with E-state index in [9.17, 15) is 4.79 Å². The van der Waals surface area contributed by atoms with Crippen LogP contribution in [0.3, 0.4) is 0 Å². The predicted octanol–water partition coefficient (Wildman–Crippen LogP) is 3.25. The molecule has 0 bridgehead atoms. The Bertz CT molecular complexity index is 1370. The number of nitrogens with two attached hydrogens (primary N) is 1. The van der Waals surface area contributed by atoms with E-state index >= 15 is 0 Å². The lowest BCUT2D eigenvalue weighted by atomic mass is 10.0. The van der Waals surface area contributed by atoms with Gasteiger partial charge in [-0.3, -0.25) is 4.98 Å². The molecule has 1 aromatic carbocycles. The van der Waals surface area contributed by atoms with Crippen LogP contribution in [0.5, 0.6) is 0 Å². The van der Waals surface area contributed by atoms with Crippen molar-refractivity contribution in [2.45, 2.75) is 13.0 Å². The fourth-order valence-electron chi connectivity index (χ4n) is 3.38. The smallest absolute Gasteiger partial charge is 0.343 e. The summed E-state index contributed by atoms with van der Waals surface area (Å²) in [7, 11) is 0. The van der Waals surface area contributed by atoms with E-state index in [1.54, 1.807) is 28.7 Å². The quantitative estimate of drug-likeness (QED) is 0.503. The number of benzene rings is 1. The zero-order valence-electron chi connectivity index (χ0n) is 14.7. The molecule has 8 nitrogen and oxygen atoms in total. The molecule has 1 atom stereocenters. The molecule has 0 saturated heterocycles. The van der Waals surface area contributed by atoms with E-state index in [0.29, 0.717) is 28.0 Å². The van der Waals surface area contributed by atoms with Crippen LogP contribution in [0.1, 0.15) is 18.7 Å². The zero-order chi connectivity index (χ0) is 19.3. The number of thiazole rings is 1. The van der Waals surface area contributed by atoms with E-state index in [1.165, 1.54) is 17.7 Å². The standard InChI is InChI=1S/C19H14N6O2S/c1-10(25-18-13(6-24-25)17(20)22-8-23-18)16-15(14-7-21-9-28-14)11-4-2-3-5-12(11)19(26)27-16/h2-10H,1H3,(H2,20,22,23). The number of fused-ring (bicyclic) bond motifs is 2. The summed E-state index contributed by atoms with van der Waals surface area (Å²) >= 11 is 1.48. The summed E-state index contributed by atoms with van der Waals surface area (Å²) in [5, 5.41) is 6.42. The molecule has 2 N–H and O–H groups in total. The second kappa shape index (κ2) is 6.24. The first-order valence-corrected chi connectivity index (χ1v) is 9.41. The first kappa shape index (κ1) is 16.6. The van der Waals surface area contributed by atoms with E-state index in [-0.39, 0.29) is 0 Å². The maximum absolute atomic E-state index is 12.7. The lowest BCUT2D eigenvalue weighted by molar-refractivity contribution is 0.405. The van der Waals surface area contributed by atoms with Gasteiger partial charge in [-0.2, -0.15) is 5.10 Å². The van der Waals surface area contributed by atoms with Crippen LogP contribution in [0.25, 0.3) is 32.2 Å². The van der Waals surface area contributed by atoms with Crippen molar-refractivity contribution >= 4 is 39.0 Å². The van der Waals surface area contributed by atoms with Gasteiger partial charge in [0.05, 0.1) is 27.4 Å². The molecular weight excluding hydrogens is 376 g/mol. The van der Waals surface area contributed by atoms with Crippen molar-refractivity contribution < 1.29 is 4.42 Å². The Kier molecular flexibility index (Phi) is 3.69. The Morgan fingerprint density at radius 1 is 1.14 bits per heavy atom. The summed E-state index contributed by atoms with van der Waals surface area (Å²) in [6.07, 6.45) is 4.78. The van der Waals surface area contributed by atoms with E-state index in [0.717, 1.165) is 15.8 Å². The molecule has 0 spiro atoms. The molecule has 0 aliphatic carbocycles. The van der Waals surface area contributed by atoms with Crippen molar-refractivity contribution in [1.29, 1.82) is 0 Å². The van der Waals surface area contributed by atoms with Crippen molar-refractivity contribution in [2.75, 3.05) is 5.73 Å². The third-order valence-electron chi connectivity index (χ3n) is 4.71. The summed E-state index contributed by atoms with van der Waals surface area (Å²) < 4.78 is 7.48. The van der Waals surface area contributed by atoms with Gasteiger partial charge in [-0.05, 0) is 13.0 Å². The van der Waals surface area contributed by atoms with Gasteiger partial charge in [0.2, 0.25) is 0 Å². The van der Waals surface area contributed by atoms with Gasteiger partial charge in [-0.15, -0.1) is 11.3 Å². The number of nitrogens with zero attached hydrogens (tertiary/aromatic N) is 5. The Morgan fingerprint density at radius 2 is 1.96 bits per heavy atom.